The number of carbonyl (C=O) groups is 3. The second-order valence-corrected chi connectivity index (χ2v) is 8.01. The van der Waals surface area contributed by atoms with Crippen LogP contribution in [0.3, 0.4) is 0 Å². The van der Waals surface area contributed by atoms with Crippen LogP contribution in [0.15, 0.2) is 97.1 Å². The van der Waals surface area contributed by atoms with Gasteiger partial charge in [0.05, 0.1) is 11.3 Å². The van der Waals surface area contributed by atoms with E-state index in [1.807, 2.05) is 30.3 Å². The zero-order valence-corrected chi connectivity index (χ0v) is 19.5. The molecule has 1 aliphatic heterocycles. The molecule has 8 heteroatoms. The van der Waals surface area contributed by atoms with Crippen molar-refractivity contribution in [2.75, 3.05) is 18.7 Å². The van der Waals surface area contributed by atoms with E-state index in [9.17, 15) is 14.4 Å². The van der Waals surface area contributed by atoms with Gasteiger partial charge in [0.15, 0.2) is 23.9 Å². The minimum absolute atomic E-state index is 0.0933. The van der Waals surface area contributed by atoms with Crippen molar-refractivity contribution in [3.8, 4) is 23.0 Å². The number of hydrogen-bond donors (Lipinski definition) is 1. The molecule has 37 heavy (non-hydrogen) atoms. The van der Waals surface area contributed by atoms with Crippen molar-refractivity contribution >= 4 is 23.3 Å². The van der Waals surface area contributed by atoms with Crippen molar-refractivity contribution in [2.24, 2.45) is 0 Å². The largest absolute Gasteiger partial charge is 0.457 e. The van der Waals surface area contributed by atoms with Crippen LogP contribution in [0.5, 0.6) is 23.0 Å². The Bertz CT molecular complexity index is 1450. The van der Waals surface area contributed by atoms with E-state index in [4.69, 9.17) is 18.9 Å². The first-order valence-corrected chi connectivity index (χ1v) is 11.4. The number of fused-ring (bicyclic) bond motifs is 1. The molecule has 0 bridgehead atoms. The molecule has 1 heterocycles. The summed E-state index contributed by atoms with van der Waals surface area (Å²) in [5.41, 5.74) is 1.09. The number of hydrogen-bond acceptors (Lipinski definition) is 7. The fourth-order valence-corrected chi connectivity index (χ4v) is 3.63. The van der Waals surface area contributed by atoms with E-state index in [2.05, 4.69) is 5.32 Å². The Hall–Kier alpha value is -5.11. The number of ketones is 1. The van der Waals surface area contributed by atoms with Crippen LogP contribution in [0.2, 0.25) is 0 Å². The Labute approximate surface area is 212 Å². The molecule has 1 N–H and O–H groups in total. The maximum Gasteiger partial charge on any atom is 0.340 e. The molecule has 1 aliphatic rings. The van der Waals surface area contributed by atoms with Gasteiger partial charge in [-0.1, -0.05) is 30.3 Å². The van der Waals surface area contributed by atoms with Gasteiger partial charge < -0.3 is 24.3 Å². The van der Waals surface area contributed by atoms with Gasteiger partial charge in [-0.25, -0.2) is 4.79 Å². The Kier molecular flexibility index (Phi) is 6.80. The van der Waals surface area contributed by atoms with Gasteiger partial charge in [-0.3, -0.25) is 9.59 Å². The molecule has 8 nitrogen and oxygen atoms in total. The first-order valence-electron chi connectivity index (χ1n) is 11.4. The summed E-state index contributed by atoms with van der Waals surface area (Å²) in [6, 6.07) is 27.1. The third kappa shape index (κ3) is 5.59. The Morgan fingerprint density at radius 1 is 0.730 bits per heavy atom. The Morgan fingerprint density at radius 3 is 2.22 bits per heavy atom. The number of anilines is 1. The van der Waals surface area contributed by atoms with Gasteiger partial charge in [0.1, 0.15) is 11.5 Å². The summed E-state index contributed by atoms with van der Waals surface area (Å²) in [5.74, 6) is 0.731. The number of carbonyl (C=O) groups excluding carboxylic acids is 3. The molecule has 0 unspecified atom stereocenters. The van der Waals surface area contributed by atoms with Crippen LogP contribution < -0.4 is 19.5 Å². The summed E-state index contributed by atoms with van der Waals surface area (Å²) < 4.78 is 21.5. The molecule has 184 valence electrons. The van der Waals surface area contributed by atoms with Crippen molar-refractivity contribution < 1.29 is 33.3 Å². The van der Waals surface area contributed by atoms with Crippen molar-refractivity contribution in [2.45, 2.75) is 0 Å². The molecule has 0 fully saturated rings. The van der Waals surface area contributed by atoms with Gasteiger partial charge in [-0.15, -0.1) is 0 Å². The van der Waals surface area contributed by atoms with E-state index in [-0.39, 0.29) is 18.0 Å². The first kappa shape index (κ1) is 23.6. The van der Waals surface area contributed by atoms with Crippen molar-refractivity contribution in [3.63, 3.8) is 0 Å². The van der Waals surface area contributed by atoms with Gasteiger partial charge in [-0.05, 0) is 66.7 Å². The average Bonchev–Trinajstić information content (AvgIpc) is 3.41. The molecule has 0 saturated heterocycles. The second kappa shape index (κ2) is 10.7. The highest BCUT2D eigenvalue weighted by molar-refractivity contribution is 6.08. The number of esters is 1. The molecule has 0 saturated carbocycles. The number of para-hydroxylation sites is 2. The molecular formula is C29H21NO7. The number of amides is 1. The quantitative estimate of drug-likeness (QED) is 0.254. The molecule has 4 aromatic carbocycles. The number of nitrogens with one attached hydrogen (secondary N) is 1. The van der Waals surface area contributed by atoms with E-state index in [1.54, 1.807) is 60.7 Å². The zero-order chi connectivity index (χ0) is 25.6. The summed E-state index contributed by atoms with van der Waals surface area (Å²) in [4.78, 5) is 38.1. The monoisotopic (exact) mass is 495 g/mol. The highest BCUT2D eigenvalue weighted by Gasteiger charge is 2.19. The Balaban J connectivity index is 1.21. The lowest BCUT2D eigenvalue weighted by Crippen LogP contribution is -2.18. The van der Waals surface area contributed by atoms with E-state index >= 15 is 0 Å². The van der Waals surface area contributed by atoms with Crippen molar-refractivity contribution in [1.29, 1.82) is 0 Å². The lowest BCUT2D eigenvalue weighted by molar-refractivity contribution is 0.0475. The summed E-state index contributed by atoms with van der Waals surface area (Å²) >= 11 is 0. The molecule has 0 aliphatic carbocycles. The molecule has 4 aromatic rings. The van der Waals surface area contributed by atoms with Crippen LogP contribution in [0.4, 0.5) is 5.69 Å². The smallest absolute Gasteiger partial charge is 0.340 e. The highest BCUT2D eigenvalue weighted by Crippen LogP contribution is 2.32. The molecule has 0 atom stereocenters. The average molecular weight is 495 g/mol. The normalized spacial score (nSPS) is 11.5. The molecule has 0 spiro atoms. The van der Waals surface area contributed by atoms with Crippen molar-refractivity contribution in [3.05, 3.63) is 114 Å². The number of rotatable bonds is 8. The first-order chi connectivity index (χ1) is 18.1. The predicted octanol–water partition coefficient (Wildman–Crippen LogP) is 5.50. The lowest BCUT2D eigenvalue weighted by Gasteiger charge is -2.11. The van der Waals surface area contributed by atoms with E-state index < -0.39 is 24.3 Å². The minimum Gasteiger partial charge on any atom is -0.457 e. The SMILES string of the molecule is O=C(COC(=O)c1ccccc1NC(=O)c1ccc(Oc2ccccc2)cc1)c1ccc2c(c1)OCO2. The molecule has 1 amide bonds. The van der Waals surface area contributed by atoms with Gasteiger partial charge in [0.2, 0.25) is 6.79 Å². The van der Waals surface area contributed by atoms with Crippen LogP contribution in [0.1, 0.15) is 31.1 Å². The van der Waals surface area contributed by atoms with Gasteiger partial charge >= 0.3 is 5.97 Å². The van der Waals surface area contributed by atoms with E-state index in [0.29, 0.717) is 34.1 Å². The lowest BCUT2D eigenvalue weighted by atomic mass is 10.1. The third-order valence-corrected chi connectivity index (χ3v) is 5.52. The maximum absolute atomic E-state index is 12.8. The standard InChI is InChI=1S/C29H21NO7/c31-25(20-12-15-26-27(16-20)36-18-35-26)17-34-29(33)23-8-4-5-9-24(23)30-28(32)19-10-13-22(14-11-19)37-21-6-2-1-3-7-21/h1-16H,17-18H2,(H,30,32). The van der Waals surface area contributed by atoms with Gasteiger partial charge in [0.25, 0.3) is 5.91 Å². The molecule has 0 radical (unpaired) electrons. The summed E-state index contributed by atoms with van der Waals surface area (Å²) in [5, 5.41) is 2.73. The Morgan fingerprint density at radius 2 is 1.41 bits per heavy atom. The zero-order valence-electron chi connectivity index (χ0n) is 19.5. The highest BCUT2D eigenvalue weighted by atomic mass is 16.7. The number of benzene rings is 4. The molecular weight excluding hydrogens is 474 g/mol. The van der Waals surface area contributed by atoms with E-state index in [1.165, 1.54) is 6.07 Å². The fraction of sp³-hybridized carbons (Fsp3) is 0.0690. The summed E-state index contributed by atoms with van der Waals surface area (Å²) in [6.07, 6.45) is 0. The fourth-order valence-electron chi connectivity index (χ4n) is 3.63. The van der Waals surface area contributed by atoms with Gasteiger partial charge in [-0.2, -0.15) is 0 Å². The van der Waals surface area contributed by atoms with Crippen LogP contribution in [-0.4, -0.2) is 31.1 Å². The van der Waals surface area contributed by atoms with Crippen LogP contribution in [0.25, 0.3) is 0 Å². The van der Waals surface area contributed by atoms with Crippen molar-refractivity contribution in [1.82, 2.24) is 0 Å². The summed E-state index contributed by atoms with van der Waals surface area (Å²) in [7, 11) is 0. The molecule has 0 aromatic heterocycles. The third-order valence-electron chi connectivity index (χ3n) is 5.52. The van der Waals surface area contributed by atoms with Crippen LogP contribution >= 0.6 is 0 Å². The van der Waals surface area contributed by atoms with Crippen LogP contribution in [-0.2, 0) is 4.74 Å². The second-order valence-electron chi connectivity index (χ2n) is 8.01. The van der Waals surface area contributed by atoms with Crippen LogP contribution in [0, 0.1) is 0 Å². The number of ether oxygens (including phenoxy) is 4. The minimum atomic E-state index is -0.739. The topological polar surface area (TPSA) is 100 Å². The van der Waals surface area contributed by atoms with Gasteiger partial charge in [0, 0.05) is 11.1 Å². The maximum atomic E-state index is 12.8. The van der Waals surface area contributed by atoms with E-state index in [0.717, 1.165) is 0 Å². The number of Topliss-reactive ketones (excluding diaryl/α,β-unsaturated/α-hetero) is 1. The summed E-state index contributed by atoms with van der Waals surface area (Å²) in [6.45, 7) is -0.375. The molecule has 5 rings (SSSR count). The predicted molar refractivity (Wildman–Crippen MR) is 135 cm³/mol.